The number of hydrogen-bond donors (Lipinski definition) is 0. The van der Waals surface area contributed by atoms with E-state index < -0.39 is 0 Å². The molecule has 3 rings (SSSR count). The van der Waals surface area contributed by atoms with Gasteiger partial charge >= 0.3 is 0 Å². The molecule has 0 bridgehead atoms. The minimum Gasteiger partial charge on any atom is -0.473 e. The van der Waals surface area contributed by atoms with Gasteiger partial charge in [0.2, 0.25) is 11.8 Å². The monoisotopic (exact) mass is 293 g/mol. The predicted molar refractivity (Wildman–Crippen MR) is 72.8 cm³/mol. The van der Waals surface area contributed by atoms with Crippen molar-refractivity contribution in [3.63, 3.8) is 0 Å². The summed E-state index contributed by atoms with van der Waals surface area (Å²) in [6.45, 7) is 1.97. The van der Waals surface area contributed by atoms with Gasteiger partial charge in [-0.15, -0.1) is 0 Å². The predicted octanol–water partition coefficient (Wildman–Crippen LogP) is 0.262. The second kappa shape index (κ2) is 5.95. The lowest BCUT2D eigenvalue weighted by Crippen LogP contribution is -2.68. The summed E-state index contributed by atoms with van der Waals surface area (Å²) < 4.78 is 16.6. The molecule has 2 aliphatic rings. The molecule has 0 aromatic carbocycles. The molecular formula is C14H19N3O4. The van der Waals surface area contributed by atoms with E-state index in [1.54, 1.807) is 23.5 Å². The number of carbonyl (C=O) groups is 1. The highest BCUT2D eigenvalue weighted by molar-refractivity contribution is 5.78. The Morgan fingerprint density at radius 2 is 2.38 bits per heavy atom. The first-order valence-corrected chi connectivity index (χ1v) is 7.04. The summed E-state index contributed by atoms with van der Waals surface area (Å²) in [5.41, 5.74) is -0.269. The van der Waals surface area contributed by atoms with Crippen LogP contribution in [0.15, 0.2) is 18.6 Å². The van der Waals surface area contributed by atoms with Crippen LogP contribution in [-0.2, 0) is 14.3 Å². The number of likely N-dealkylation sites (tertiary alicyclic amines) is 1. The number of ether oxygens (including phenoxy) is 3. The average Bonchev–Trinajstić information content (AvgIpc) is 2.46. The van der Waals surface area contributed by atoms with Crippen molar-refractivity contribution in [2.24, 2.45) is 0 Å². The van der Waals surface area contributed by atoms with Gasteiger partial charge in [0.05, 0.1) is 25.9 Å². The van der Waals surface area contributed by atoms with E-state index in [1.165, 1.54) is 7.11 Å². The van der Waals surface area contributed by atoms with Gasteiger partial charge in [-0.2, -0.15) is 0 Å². The summed E-state index contributed by atoms with van der Waals surface area (Å²) in [4.78, 5) is 21.6. The summed E-state index contributed by atoms with van der Waals surface area (Å²) in [5, 5.41) is 0. The second-order valence-corrected chi connectivity index (χ2v) is 5.49. The molecule has 0 aliphatic carbocycles. The topological polar surface area (TPSA) is 73.8 Å². The minimum atomic E-state index is -0.269. The summed E-state index contributed by atoms with van der Waals surface area (Å²) >= 11 is 0. The summed E-state index contributed by atoms with van der Waals surface area (Å²) in [7, 11) is 1.52. The lowest BCUT2D eigenvalue weighted by molar-refractivity contribution is -0.195. The first-order chi connectivity index (χ1) is 10.2. The Morgan fingerprint density at radius 1 is 1.52 bits per heavy atom. The van der Waals surface area contributed by atoms with E-state index in [2.05, 4.69) is 9.97 Å². The van der Waals surface area contributed by atoms with Crippen molar-refractivity contribution < 1.29 is 19.0 Å². The van der Waals surface area contributed by atoms with Crippen molar-refractivity contribution in [1.29, 1.82) is 0 Å². The molecule has 2 saturated heterocycles. The van der Waals surface area contributed by atoms with Gasteiger partial charge in [0.1, 0.15) is 18.3 Å². The zero-order chi connectivity index (χ0) is 14.7. The maximum atomic E-state index is 11.7. The Morgan fingerprint density at radius 3 is 3.10 bits per heavy atom. The first kappa shape index (κ1) is 14.2. The normalized spacial score (nSPS) is 23.7. The fourth-order valence-corrected chi connectivity index (χ4v) is 2.86. The van der Waals surface area contributed by atoms with Gasteiger partial charge in [-0.05, 0) is 0 Å². The van der Waals surface area contributed by atoms with E-state index in [9.17, 15) is 4.79 Å². The molecule has 7 nitrogen and oxygen atoms in total. The highest BCUT2D eigenvalue weighted by atomic mass is 16.5. The second-order valence-electron chi connectivity index (χ2n) is 5.49. The molecule has 0 unspecified atom stereocenters. The lowest BCUT2D eigenvalue weighted by Gasteiger charge is -2.52. The van der Waals surface area contributed by atoms with Crippen LogP contribution in [0, 0.1) is 0 Å². The van der Waals surface area contributed by atoms with Gasteiger partial charge in [0, 0.05) is 32.3 Å². The van der Waals surface area contributed by atoms with Crippen LogP contribution in [0.3, 0.4) is 0 Å². The average molecular weight is 293 g/mol. The van der Waals surface area contributed by atoms with Crippen molar-refractivity contribution in [2.45, 2.75) is 24.5 Å². The third kappa shape index (κ3) is 3.14. The molecule has 1 spiro atoms. The van der Waals surface area contributed by atoms with Gasteiger partial charge in [-0.3, -0.25) is 9.78 Å². The Kier molecular flexibility index (Phi) is 4.03. The molecule has 114 valence electrons. The number of nitrogens with zero attached hydrogens (tertiary/aromatic N) is 3. The third-order valence-electron chi connectivity index (χ3n) is 3.85. The standard InChI is InChI=1S/C14H19N3O4/c1-19-8-13(18)17-9-14(10-17)6-11(2-5-20-14)21-12-7-15-3-4-16-12/h3-4,7,11H,2,5-6,8-10H2,1H3/t11-/m0/s1. The number of rotatable bonds is 4. The van der Waals surface area contributed by atoms with Crippen LogP contribution in [0.5, 0.6) is 5.88 Å². The molecule has 2 aliphatic heterocycles. The number of amides is 1. The number of methoxy groups -OCH3 is 1. The maximum absolute atomic E-state index is 11.7. The largest absolute Gasteiger partial charge is 0.473 e. The van der Waals surface area contributed by atoms with Gasteiger partial charge in [-0.25, -0.2) is 4.98 Å². The van der Waals surface area contributed by atoms with Crippen molar-refractivity contribution in [2.75, 3.05) is 33.4 Å². The molecule has 2 fully saturated rings. The van der Waals surface area contributed by atoms with E-state index in [0.717, 1.165) is 12.8 Å². The van der Waals surface area contributed by atoms with Crippen LogP contribution >= 0.6 is 0 Å². The molecule has 1 amide bonds. The lowest BCUT2D eigenvalue weighted by atomic mass is 9.84. The highest BCUT2D eigenvalue weighted by Gasteiger charge is 2.49. The first-order valence-electron chi connectivity index (χ1n) is 7.04. The Labute approximate surface area is 123 Å². The Hall–Kier alpha value is -1.73. The van der Waals surface area contributed by atoms with E-state index >= 15 is 0 Å². The van der Waals surface area contributed by atoms with Crippen molar-refractivity contribution in [1.82, 2.24) is 14.9 Å². The summed E-state index contributed by atoms with van der Waals surface area (Å²) in [5.74, 6) is 0.537. The fraction of sp³-hybridized carbons (Fsp3) is 0.643. The smallest absolute Gasteiger partial charge is 0.248 e. The Balaban J connectivity index is 1.54. The minimum absolute atomic E-state index is 0.00342. The quantitative estimate of drug-likeness (QED) is 0.793. The van der Waals surface area contributed by atoms with E-state index in [-0.39, 0.29) is 24.2 Å². The van der Waals surface area contributed by atoms with Crippen LogP contribution in [-0.4, -0.2) is 65.9 Å². The van der Waals surface area contributed by atoms with Gasteiger partial charge < -0.3 is 19.1 Å². The van der Waals surface area contributed by atoms with E-state index in [0.29, 0.717) is 25.6 Å². The number of aromatic nitrogens is 2. The molecule has 3 heterocycles. The zero-order valence-corrected chi connectivity index (χ0v) is 12.0. The molecule has 1 atom stereocenters. The molecule has 1 aromatic heterocycles. The third-order valence-corrected chi connectivity index (χ3v) is 3.85. The Bertz CT molecular complexity index is 490. The maximum Gasteiger partial charge on any atom is 0.248 e. The number of hydrogen-bond acceptors (Lipinski definition) is 6. The molecular weight excluding hydrogens is 274 g/mol. The van der Waals surface area contributed by atoms with Crippen LogP contribution in [0.2, 0.25) is 0 Å². The van der Waals surface area contributed by atoms with Crippen LogP contribution in [0.1, 0.15) is 12.8 Å². The molecule has 1 aromatic rings. The van der Waals surface area contributed by atoms with Crippen molar-refractivity contribution in [3.05, 3.63) is 18.6 Å². The van der Waals surface area contributed by atoms with Crippen LogP contribution < -0.4 is 4.74 Å². The summed E-state index contributed by atoms with van der Waals surface area (Å²) in [6.07, 6.45) is 6.47. The van der Waals surface area contributed by atoms with Crippen LogP contribution in [0.4, 0.5) is 0 Å². The molecule has 0 N–H and O–H groups in total. The van der Waals surface area contributed by atoms with Gasteiger partial charge in [0.25, 0.3) is 0 Å². The van der Waals surface area contributed by atoms with E-state index in [4.69, 9.17) is 14.2 Å². The van der Waals surface area contributed by atoms with Crippen molar-refractivity contribution >= 4 is 5.91 Å². The summed E-state index contributed by atoms with van der Waals surface area (Å²) in [6, 6.07) is 0. The molecule has 21 heavy (non-hydrogen) atoms. The zero-order valence-electron chi connectivity index (χ0n) is 12.0. The highest BCUT2D eigenvalue weighted by Crippen LogP contribution is 2.35. The SMILES string of the molecule is COCC(=O)N1CC2(C[C@@H](Oc3cnccn3)CCO2)C1. The number of carbonyl (C=O) groups excluding carboxylic acids is 1. The van der Waals surface area contributed by atoms with Gasteiger partial charge in [0.15, 0.2) is 0 Å². The molecule has 7 heteroatoms. The molecule has 0 radical (unpaired) electrons. The van der Waals surface area contributed by atoms with Crippen molar-refractivity contribution in [3.8, 4) is 5.88 Å². The van der Waals surface area contributed by atoms with Crippen LogP contribution in [0.25, 0.3) is 0 Å². The molecule has 0 saturated carbocycles. The van der Waals surface area contributed by atoms with Gasteiger partial charge in [-0.1, -0.05) is 0 Å². The fourth-order valence-electron chi connectivity index (χ4n) is 2.86. The van der Waals surface area contributed by atoms with E-state index in [1.807, 2.05) is 0 Å².